The Bertz CT molecular complexity index is 896. The second kappa shape index (κ2) is 10.9. The van der Waals surface area contributed by atoms with Crippen LogP contribution in [0.2, 0.25) is 0 Å². The van der Waals surface area contributed by atoms with Crippen LogP contribution < -0.4 is 21.6 Å². The van der Waals surface area contributed by atoms with Gasteiger partial charge in [-0.25, -0.2) is 0 Å². The molecule has 0 saturated heterocycles. The fourth-order valence-electron chi connectivity index (χ4n) is 2.98. The van der Waals surface area contributed by atoms with Crippen molar-refractivity contribution in [1.82, 2.24) is 0 Å². The lowest BCUT2D eigenvalue weighted by molar-refractivity contribution is -0.117. The highest BCUT2D eigenvalue weighted by Gasteiger charge is 2.14. The topological polar surface area (TPSA) is 43.1 Å². The number of carbonyl (C=O) groups excluding carboxylic acids is 1. The van der Waals surface area contributed by atoms with Gasteiger partial charge in [0.25, 0.3) is 0 Å². The van der Waals surface area contributed by atoms with E-state index in [1.165, 1.54) is 15.9 Å². The van der Waals surface area contributed by atoms with Crippen LogP contribution in [0.3, 0.4) is 0 Å². The third-order valence-corrected chi connectivity index (χ3v) is 6.71. The predicted octanol–water partition coefficient (Wildman–Crippen LogP) is 4.16. The molecule has 0 radical (unpaired) electrons. The minimum Gasteiger partial charge on any atom is -0.369 e. The van der Waals surface area contributed by atoms with E-state index < -0.39 is 7.92 Å². The summed E-state index contributed by atoms with van der Waals surface area (Å²) in [4.78, 5) is 10.4. The van der Waals surface area contributed by atoms with Crippen molar-refractivity contribution in [1.29, 1.82) is 0 Å². The maximum absolute atomic E-state index is 10.4. The van der Waals surface area contributed by atoms with Gasteiger partial charge in [0.15, 0.2) is 0 Å². The molecule has 4 aromatic carbocycles. The van der Waals surface area contributed by atoms with Gasteiger partial charge < -0.3 is 5.73 Å². The second-order valence-electron chi connectivity index (χ2n) is 6.47. The summed E-state index contributed by atoms with van der Waals surface area (Å²) in [6, 6.07) is 41.8. The number of hydrogen-bond donors (Lipinski definition) is 1. The van der Waals surface area contributed by atoms with Gasteiger partial charge in [0.1, 0.15) is 0 Å². The SMILES string of the molecule is NC(=O)Cc1ccccc1.c1ccc(P(c2ccccc2)c2ccccc2)cc1. The number of hydrogen-bond acceptors (Lipinski definition) is 1. The number of primary amides is 1. The molecule has 0 fully saturated rings. The molecule has 2 nitrogen and oxygen atoms in total. The Morgan fingerprint density at radius 2 is 0.862 bits per heavy atom. The van der Waals surface area contributed by atoms with Crippen LogP contribution in [0.1, 0.15) is 5.56 Å². The zero-order valence-electron chi connectivity index (χ0n) is 16.2. The van der Waals surface area contributed by atoms with Gasteiger partial charge in [-0.05, 0) is 29.4 Å². The van der Waals surface area contributed by atoms with Gasteiger partial charge >= 0.3 is 0 Å². The van der Waals surface area contributed by atoms with Crippen molar-refractivity contribution in [3.8, 4) is 0 Å². The number of amides is 1. The molecule has 3 heteroatoms. The van der Waals surface area contributed by atoms with E-state index >= 15 is 0 Å². The van der Waals surface area contributed by atoms with Gasteiger partial charge in [0.05, 0.1) is 6.42 Å². The highest BCUT2D eigenvalue weighted by Crippen LogP contribution is 2.32. The molecule has 0 bridgehead atoms. The molecule has 0 aromatic heterocycles. The van der Waals surface area contributed by atoms with Gasteiger partial charge in [-0.2, -0.15) is 0 Å². The molecular formula is C26H24NOP. The van der Waals surface area contributed by atoms with Crippen molar-refractivity contribution >= 4 is 29.7 Å². The first-order valence-corrected chi connectivity index (χ1v) is 10.9. The Morgan fingerprint density at radius 3 is 1.17 bits per heavy atom. The summed E-state index contributed by atoms with van der Waals surface area (Å²) >= 11 is 0. The standard InChI is InChI=1S/C18H15P.C8H9NO/c1-4-10-16(11-5-1)19(17-12-6-2-7-13-17)18-14-8-3-9-15-18;9-8(10)6-7-4-2-1-3-5-7/h1-15H;1-5H,6H2,(H2,9,10). The minimum absolute atomic E-state index is 0.286. The summed E-state index contributed by atoms with van der Waals surface area (Å²) in [6.07, 6.45) is 0.334. The molecule has 0 aliphatic heterocycles. The summed E-state index contributed by atoms with van der Waals surface area (Å²) in [5.41, 5.74) is 5.95. The average molecular weight is 397 g/mol. The van der Waals surface area contributed by atoms with E-state index in [0.717, 1.165) is 5.56 Å². The largest absolute Gasteiger partial charge is 0.369 e. The van der Waals surface area contributed by atoms with Crippen molar-refractivity contribution in [2.75, 3.05) is 0 Å². The Hall–Kier alpha value is -3.22. The van der Waals surface area contributed by atoms with Crippen molar-refractivity contribution in [3.05, 3.63) is 127 Å². The molecule has 4 aromatic rings. The van der Waals surface area contributed by atoms with Crippen LogP contribution >= 0.6 is 7.92 Å². The molecular weight excluding hydrogens is 373 g/mol. The first kappa shape index (κ1) is 20.5. The molecule has 0 heterocycles. The Balaban J connectivity index is 0.000000204. The summed E-state index contributed by atoms with van der Waals surface area (Å²) in [5, 5.41) is 4.19. The molecule has 2 N–H and O–H groups in total. The highest BCUT2D eigenvalue weighted by atomic mass is 31.1. The van der Waals surface area contributed by atoms with Gasteiger partial charge in [-0.3, -0.25) is 4.79 Å². The van der Waals surface area contributed by atoms with E-state index in [0.29, 0.717) is 6.42 Å². The average Bonchev–Trinajstić information content (AvgIpc) is 2.77. The second-order valence-corrected chi connectivity index (χ2v) is 8.69. The highest BCUT2D eigenvalue weighted by molar-refractivity contribution is 7.79. The molecule has 0 unspecified atom stereocenters. The number of benzene rings is 4. The fraction of sp³-hybridized carbons (Fsp3) is 0.0385. The summed E-state index contributed by atoms with van der Waals surface area (Å²) in [5.74, 6) is -0.286. The van der Waals surface area contributed by atoms with E-state index in [9.17, 15) is 4.79 Å². The van der Waals surface area contributed by atoms with Crippen LogP contribution in [0.15, 0.2) is 121 Å². The first-order chi connectivity index (χ1) is 14.2. The summed E-state index contributed by atoms with van der Waals surface area (Å²) < 4.78 is 0. The van der Waals surface area contributed by atoms with Gasteiger partial charge in [0.2, 0.25) is 5.91 Å². The molecule has 0 aliphatic rings. The monoisotopic (exact) mass is 397 g/mol. The molecule has 144 valence electrons. The van der Waals surface area contributed by atoms with E-state index in [1.807, 2.05) is 30.3 Å². The van der Waals surface area contributed by atoms with E-state index in [4.69, 9.17) is 5.73 Å². The number of carbonyl (C=O) groups is 1. The fourth-order valence-corrected chi connectivity index (χ4v) is 5.28. The quantitative estimate of drug-likeness (QED) is 0.505. The van der Waals surface area contributed by atoms with Crippen LogP contribution in [0.25, 0.3) is 0 Å². The van der Waals surface area contributed by atoms with Gasteiger partial charge in [-0.1, -0.05) is 121 Å². The molecule has 29 heavy (non-hydrogen) atoms. The minimum atomic E-state index is -0.446. The molecule has 1 amide bonds. The molecule has 0 saturated carbocycles. The number of nitrogens with two attached hydrogens (primary N) is 1. The maximum atomic E-state index is 10.4. The Labute approximate surface area is 173 Å². The van der Waals surface area contributed by atoms with Crippen molar-refractivity contribution in [2.24, 2.45) is 5.73 Å². The number of rotatable bonds is 5. The summed E-state index contributed by atoms with van der Waals surface area (Å²) in [7, 11) is -0.446. The Kier molecular flexibility index (Phi) is 7.74. The zero-order chi connectivity index (χ0) is 20.3. The molecule has 0 aliphatic carbocycles. The molecule has 0 atom stereocenters. The van der Waals surface area contributed by atoms with Crippen molar-refractivity contribution in [2.45, 2.75) is 6.42 Å². The van der Waals surface area contributed by atoms with Crippen LogP contribution in [-0.2, 0) is 11.2 Å². The maximum Gasteiger partial charge on any atom is 0.221 e. The predicted molar refractivity (Wildman–Crippen MR) is 124 cm³/mol. The molecule has 0 spiro atoms. The summed E-state index contributed by atoms with van der Waals surface area (Å²) in [6.45, 7) is 0. The van der Waals surface area contributed by atoms with Crippen LogP contribution in [0.4, 0.5) is 0 Å². The Morgan fingerprint density at radius 1 is 0.552 bits per heavy atom. The van der Waals surface area contributed by atoms with Gasteiger partial charge in [0, 0.05) is 0 Å². The third-order valence-electron chi connectivity index (χ3n) is 4.26. The zero-order valence-corrected chi connectivity index (χ0v) is 17.1. The van der Waals surface area contributed by atoms with E-state index in [-0.39, 0.29) is 5.91 Å². The van der Waals surface area contributed by atoms with Crippen molar-refractivity contribution < 1.29 is 4.79 Å². The first-order valence-electron chi connectivity index (χ1n) is 9.51. The lowest BCUT2D eigenvalue weighted by Crippen LogP contribution is -2.20. The van der Waals surface area contributed by atoms with E-state index in [1.54, 1.807) is 0 Å². The molecule has 4 rings (SSSR count). The smallest absolute Gasteiger partial charge is 0.221 e. The lowest BCUT2D eigenvalue weighted by Gasteiger charge is -2.18. The van der Waals surface area contributed by atoms with Crippen LogP contribution in [0, 0.1) is 0 Å². The normalized spacial score (nSPS) is 10.1. The van der Waals surface area contributed by atoms with Crippen LogP contribution in [0.5, 0.6) is 0 Å². The van der Waals surface area contributed by atoms with Crippen LogP contribution in [-0.4, -0.2) is 5.91 Å². The van der Waals surface area contributed by atoms with Gasteiger partial charge in [-0.15, -0.1) is 0 Å². The lowest BCUT2D eigenvalue weighted by atomic mass is 10.1. The van der Waals surface area contributed by atoms with Crippen molar-refractivity contribution in [3.63, 3.8) is 0 Å². The van der Waals surface area contributed by atoms with E-state index in [2.05, 4.69) is 91.0 Å². The third kappa shape index (κ3) is 6.41.